The molecule has 0 spiro atoms. The lowest BCUT2D eigenvalue weighted by atomic mass is 9.97. The molecule has 3 aliphatic heterocycles. The molecule has 1 aliphatic carbocycles. The van der Waals surface area contributed by atoms with Gasteiger partial charge in [0.05, 0.1) is 44.4 Å². The van der Waals surface area contributed by atoms with Crippen molar-refractivity contribution in [3.63, 3.8) is 0 Å². The number of fused-ring (bicyclic) bond motifs is 5. The predicted molar refractivity (Wildman–Crippen MR) is 214 cm³/mol. The van der Waals surface area contributed by atoms with E-state index in [1.165, 1.54) is 75.9 Å². The molecule has 10 nitrogen and oxygen atoms in total. The minimum absolute atomic E-state index is 0.103. The summed E-state index contributed by atoms with van der Waals surface area (Å²) in [5.74, 6) is 0. The van der Waals surface area contributed by atoms with Crippen LogP contribution in [-0.2, 0) is 29.4 Å². The highest BCUT2D eigenvalue weighted by Gasteiger charge is 2.29. The molecule has 0 saturated carbocycles. The first kappa shape index (κ1) is 38.6. The van der Waals surface area contributed by atoms with E-state index < -0.39 is 6.17 Å². The van der Waals surface area contributed by atoms with Gasteiger partial charge in [0.15, 0.2) is 0 Å². The van der Waals surface area contributed by atoms with Crippen molar-refractivity contribution in [1.82, 2.24) is 24.1 Å². The van der Waals surface area contributed by atoms with E-state index in [4.69, 9.17) is 9.47 Å². The fourth-order valence-electron chi connectivity index (χ4n) is 7.34. The molecule has 2 fully saturated rings. The molecule has 3 aromatic rings. The highest BCUT2D eigenvalue weighted by atomic mass is 32.1. The van der Waals surface area contributed by atoms with Crippen LogP contribution < -0.4 is 16.4 Å². The Bertz CT molecular complexity index is 2060. The van der Waals surface area contributed by atoms with Gasteiger partial charge in [0.25, 0.3) is 11.1 Å². The van der Waals surface area contributed by atoms with E-state index in [1.807, 2.05) is 13.0 Å². The molecule has 0 amide bonds. The number of thiophene rings is 1. The third-order valence-electron chi connectivity index (χ3n) is 10.5. The minimum atomic E-state index is -1.36. The van der Waals surface area contributed by atoms with Gasteiger partial charge in [-0.15, -0.1) is 11.3 Å². The van der Waals surface area contributed by atoms with Crippen LogP contribution >= 0.6 is 11.3 Å². The number of allylic oxidation sites excluding steroid dienone is 6. The lowest BCUT2D eigenvalue weighted by Crippen LogP contribution is -2.56. The molecule has 1 unspecified atom stereocenters. The van der Waals surface area contributed by atoms with Crippen molar-refractivity contribution in [2.24, 2.45) is 7.05 Å². The zero-order chi connectivity index (χ0) is 37.6. The number of aryl methyl sites for hydroxylation is 3. The van der Waals surface area contributed by atoms with Gasteiger partial charge >= 0.3 is 0 Å². The Morgan fingerprint density at radius 1 is 1.13 bits per heavy atom. The third-order valence-corrected chi connectivity index (χ3v) is 11.8. The summed E-state index contributed by atoms with van der Waals surface area (Å²) in [5, 5.41) is 8.65. The number of nitrogens with one attached hydrogen (secondary N) is 1. The van der Waals surface area contributed by atoms with Crippen molar-refractivity contribution in [2.75, 3.05) is 57.9 Å². The standard InChI is InChI=1S/C30H33FN4O3S.C11H20N2O/c1-5-21-20-14-25(29(36)34(4)16-20)33-19(3)9-8-12-38-17-24(21)26(13-18(2)31)35-30(37)28-23(15-32-35)22-10-6-7-11-27(22)39-28;1-3-10(2)12-4-6-13(7-5-12)11-8-14-9-11/h5,9,13-16,18,33H,1,6-8,10-12,17H2,2-4H3;3,11H,4-9H2,1-2H3/b19-9-,24-21+,26-13+;10-3+. The van der Waals surface area contributed by atoms with Crippen molar-refractivity contribution in [1.29, 1.82) is 0 Å². The number of nitrogens with zero attached hydrogens (tertiary/aromatic N) is 5. The topological polar surface area (TPSA) is 93.9 Å². The van der Waals surface area contributed by atoms with Crippen LogP contribution in [0.25, 0.3) is 21.4 Å². The normalized spacial score (nSPS) is 22.2. The van der Waals surface area contributed by atoms with E-state index in [2.05, 4.69) is 46.7 Å². The molecular weight excluding hydrogens is 692 g/mol. The molecule has 3 aromatic heterocycles. The van der Waals surface area contributed by atoms with Crippen LogP contribution in [0.5, 0.6) is 0 Å². The summed E-state index contributed by atoms with van der Waals surface area (Å²) < 4.78 is 29.4. The monoisotopic (exact) mass is 744 g/mol. The quantitative estimate of drug-likeness (QED) is 0.305. The maximum atomic E-state index is 14.7. The van der Waals surface area contributed by atoms with Gasteiger partial charge in [-0.2, -0.15) is 9.78 Å². The Morgan fingerprint density at radius 2 is 1.89 bits per heavy atom. The molecule has 6 heterocycles. The second kappa shape index (κ2) is 17.4. The van der Waals surface area contributed by atoms with Crippen LogP contribution in [0, 0.1) is 0 Å². The second-order valence-electron chi connectivity index (χ2n) is 14.2. The first-order valence-corrected chi connectivity index (χ1v) is 19.6. The molecule has 1 N–H and O–H groups in total. The summed E-state index contributed by atoms with van der Waals surface area (Å²) in [7, 11) is 1.68. The van der Waals surface area contributed by atoms with E-state index in [1.54, 1.807) is 31.6 Å². The van der Waals surface area contributed by atoms with Gasteiger partial charge in [-0.05, 0) is 83.1 Å². The summed E-state index contributed by atoms with van der Waals surface area (Å²) >= 11 is 1.52. The SMILES string of the molecule is C/C=C(\C)N1CCN(C2COC2)CC1.C=C/C1=C(\C(=C/C(C)F)n2ncc3c4c(sc3c2=O)CCCC4)COCC/C=C(/C)Nc2cc1cn(C)c2=O. The molecule has 2 saturated heterocycles. The van der Waals surface area contributed by atoms with Crippen LogP contribution in [0.3, 0.4) is 0 Å². The lowest BCUT2D eigenvalue weighted by Gasteiger charge is -2.43. The van der Waals surface area contributed by atoms with Gasteiger partial charge < -0.3 is 24.3 Å². The van der Waals surface area contributed by atoms with Gasteiger partial charge in [0, 0.05) is 72.2 Å². The van der Waals surface area contributed by atoms with Crippen molar-refractivity contribution in [3.8, 4) is 0 Å². The van der Waals surface area contributed by atoms with E-state index in [0.717, 1.165) is 50.0 Å². The number of aromatic nitrogens is 3. The Kier molecular flexibility index (Phi) is 12.7. The van der Waals surface area contributed by atoms with E-state index >= 15 is 0 Å². The maximum absolute atomic E-state index is 14.7. The first-order chi connectivity index (χ1) is 25.6. The second-order valence-corrected chi connectivity index (χ2v) is 15.3. The third kappa shape index (κ3) is 8.67. The number of alkyl halides is 1. The summed E-state index contributed by atoms with van der Waals surface area (Å²) in [6.07, 6.45) is 14.0. The van der Waals surface area contributed by atoms with E-state index in [-0.39, 0.29) is 17.7 Å². The number of hydrogen-bond donors (Lipinski definition) is 1. The van der Waals surface area contributed by atoms with Crippen LogP contribution in [0.4, 0.5) is 10.1 Å². The predicted octanol–water partition coefficient (Wildman–Crippen LogP) is 6.54. The molecule has 7 rings (SSSR count). The van der Waals surface area contributed by atoms with Crippen molar-refractivity contribution < 1.29 is 13.9 Å². The van der Waals surface area contributed by atoms with Gasteiger partial charge in [-0.1, -0.05) is 24.8 Å². The van der Waals surface area contributed by atoms with Crippen molar-refractivity contribution in [2.45, 2.75) is 72.0 Å². The molecule has 284 valence electrons. The van der Waals surface area contributed by atoms with E-state index in [0.29, 0.717) is 51.9 Å². The molecular formula is C41H53FN6O4S. The molecule has 53 heavy (non-hydrogen) atoms. The van der Waals surface area contributed by atoms with Crippen LogP contribution in [0.2, 0.25) is 0 Å². The average molecular weight is 745 g/mol. The Morgan fingerprint density at radius 3 is 2.57 bits per heavy atom. The first-order valence-electron chi connectivity index (χ1n) is 18.8. The number of pyridine rings is 1. The number of halogens is 1. The molecule has 0 aromatic carbocycles. The minimum Gasteiger partial charge on any atom is -0.378 e. The average Bonchev–Trinajstić information content (AvgIpc) is 3.51. The molecule has 0 radical (unpaired) electrons. The molecule has 4 aliphatic rings. The summed E-state index contributed by atoms with van der Waals surface area (Å²) in [5.41, 5.74) is 5.61. The fourth-order valence-corrected chi connectivity index (χ4v) is 8.63. The largest absolute Gasteiger partial charge is 0.378 e. The Balaban J connectivity index is 0.000000286. The number of rotatable bonds is 6. The van der Waals surface area contributed by atoms with Crippen molar-refractivity contribution >= 4 is 38.4 Å². The molecule has 2 bridgehead atoms. The highest BCUT2D eigenvalue weighted by Crippen LogP contribution is 2.35. The van der Waals surface area contributed by atoms with Crippen LogP contribution in [0.1, 0.15) is 63.0 Å². The number of piperazine rings is 1. The van der Waals surface area contributed by atoms with E-state index in [9.17, 15) is 14.0 Å². The number of ether oxygens (including phenoxy) is 2. The summed E-state index contributed by atoms with van der Waals surface area (Å²) in [6, 6.07) is 2.46. The Hall–Kier alpha value is -4.10. The van der Waals surface area contributed by atoms with Crippen molar-refractivity contribution in [3.05, 3.63) is 103 Å². The molecule has 12 heteroatoms. The summed E-state index contributed by atoms with van der Waals surface area (Å²) in [4.78, 5) is 33.0. The number of anilines is 1. The highest BCUT2D eigenvalue weighted by molar-refractivity contribution is 7.19. The van der Waals surface area contributed by atoms with Gasteiger partial charge in [0.1, 0.15) is 16.6 Å². The fraction of sp³-hybridized carbons (Fsp3) is 0.488. The smallest absolute Gasteiger partial charge is 0.289 e. The molecule has 1 atom stereocenters. The van der Waals surface area contributed by atoms with Crippen LogP contribution in [0.15, 0.2) is 75.9 Å². The van der Waals surface area contributed by atoms with Crippen LogP contribution in [-0.4, -0.2) is 89.0 Å². The van der Waals surface area contributed by atoms with Gasteiger partial charge in [-0.25, -0.2) is 4.39 Å². The number of hydrogen-bond acceptors (Lipinski definition) is 9. The zero-order valence-electron chi connectivity index (χ0n) is 31.8. The van der Waals surface area contributed by atoms with Gasteiger partial charge in [0.2, 0.25) is 0 Å². The summed E-state index contributed by atoms with van der Waals surface area (Å²) in [6.45, 7) is 18.8. The maximum Gasteiger partial charge on any atom is 0.289 e. The lowest BCUT2D eigenvalue weighted by molar-refractivity contribution is -0.0747. The van der Waals surface area contributed by atoms with Gasteiger partial charge in [-0.3, -0.25) is 14.5 Å². The Labute approximate surface area is 315 Å². The zero-order valence-corrected chi connectivity index (χ0v) is 32.6.